The molecule has 2 aromatic carbocycles. The van der Waals surface area contributed by atoms with E-state index in [0.29, 0.717) is 17.9 Å². The molecule has 194 valence electrons. The first-order valence-corrected chi connectivity index (χ1v) is 15.1. The molecule has 5 rings (SSSR count). The number of aliphatic hydroxyl groups excluding tert-OH is 1. The Bertz CT molecular complexity index is 1430. The Hall–Kier alpha value is -1.86. The molecule has 1 saturated carbocycles. The van der Waals surface area contributed by atoms with Gasteiger partial charge in [0.1, 0.15) is 16.2 Å². The van der Waals surface area contributed by atoms with Crippen LogP contribution in [0.25, 0.3) is 5.76 Å². The maximum atomic E-state index is 14.1. The van der Waals surface area contributed by atoms with E-state index in [4.69, 9.17) is 0 Å². The second-order valence-corrected chi connectivity index (χ2v) is 13.4. The number of fused-ring (bicyclic) bond motifs is 2. The number of hydrogen-bond acceptors (Lipinski definition) is 8. The molecular weight excluding hydrogens is 525 g/mol. The third-order valence-electron chi connectivity index (χ3n) is 7.20. The van der Waals surface area contributed by atoms with Crippen molar-refractivity contribution in [3.05, 3.63) is 59.2 Å². The SMILES string of the molecule is CC1(CC2CCCC2)C(=O)C(C2=NS(O)(O)c3cc(NS(C)(=O)=O)ccc3N2)=C(O)c2ccccc21.[NaH]. The van der Waals surface area contributed by atoms with E-state index in [1.807, 2.05) is 19.1 Å². The zero-order valence-electron chi connectivity index (χ0n) is 20.0. The van der Waals surface area contributed by atoms with Crippen LogP contribution in [0.1, 0.15) is 50.2 Å². The van der Waals surface area contributed by atoms with Crippen LogP contribution in [0.15, 0.2) is 57.3 Å². The fourth-order valence-corrected chi connectivity index (χ4v) is 7.33. The van der Waals surface area contributed by atoms with Gasteiger partial charge in [-0.15, -0.1) is 4.40 Å². The molecule has 0 bridgehead atoms. The molecule has 1 aliphatic heterocycles. The summed E-state index contributed by atoms with van der Waals surface area (Å²) in [5, 5.41) is 14.2. The van der Waals surface area contributed by atoms with Gasteiger partial charge in [0.05, 0.1) is 23.0 Å². The Morgan fingerprint density at radius 1 is 1.16 bits per heavy atom. The Kier molecular flexibility index (Phi) is 7.63. The number of aliphatic hydroxyl groups is 1. The van der Waals surface area contributed by atoms with Crippen LogP contribution >= 0.6 is 10.8 Å². The standard InChI is InChI=1S/C25H29N3O6S2.Na.H/c1-25(14-15-7-3-4-8-15)18-10-6-5-9-17(18)22(29)21(23(25)30)24-26-19-12-11-16(27-35(2,31)32)13-20(19)36(33,34)28-24;;/h5-6,9-13,15,27,29,33-34H,3-4,7-8,14H2,1-2H3,(H,26,28);;. The molecule has 2 aromatic rings. The summed E-state index contributed by atoms with van der Waals surface area (Å²) in [5.41, 5.74) is 0.673. The number of anilines is 2. The summed E-state index contributed by atoms with van der Waals surface area (Å²) in [7, 11) is -7.39. The van der Waals surface area contributed by atoms with E-state index in [9.17, 15) is 27.4 Å². The topological polar surface area (TPSA) is 148 Å². The molecule has 0 saturated heterocycles. The van der Waals surface area contributed by atoms with Gasteiger partial charge in [0.15, 0.2) is 11.6 Å². The van der Waals surface area contributed by atoms with Gasteiger partial charge in [0, 0.05) is 5.56 Å². The first kappa shape index (κ1) is 28.2. The third kappa shape index (κ3) is 5.23. The fourth-order valence-electron chi connectivity index (χ4n) is 5.59. The van der Waals surface area contributed by atoms with E-state index >= 15 is 0 Å². The number of nitrogens with one attached hydrogen (secondary N) is 2. The van der Waals surface area contributed by atoms with Gasteiger partial charge in [-0.05, 0) is 43.0 Å². The van der Waals surface area contributed by atoms with Crippen LogP contribution in [0.5, 0.6) is 0 Å². The molecule has 5 N–H and O–H groups in total. The summed E-state index contributed by atoms with van der Waals surface area (Å²) in [6.07, 6.45) is 5.98. The number of Topliss-reactive ketones (excluding diaryl/α,β-unsaturated/α-hetero) is 1. The quantitative estimate of drug-likeness (QED) is 0.337. The number of rotatable bonds is 5. The van der Waals surface area contributed by atoms with Crippen molar-refractivity contribution in [2.24, 2.45) is 10.3 Å². The number of sulfonamides is 1. The molecule has 3 aliphatic rings. The Labute approximate surface area is 240 Å². The van der Waals surface area contributed by atoms with Crippen molar-refractivity contribution < 1.29 is 27.4 Å². The first-order chi connectivity index (χ1) is 16.9. The molecule has 0 amide bonds. The number of ketones is 1. The van der Waals surface area contributed by atoms with Crippen molar-refractivity contribution in [1.82, 2.24) is 0 Å². The van der Waals surface area contributed by atoms with E-state index in [1.54, 1.807) is 12.1 Å². The number of carbonyl (C=O) groups excluding carboxylic acids is 1. The van der Waals surface area contributed by atoms with Crippen LogP contribution in [0.3, 0.4) is 0 Å². The summed E-state index contributed by atoms with van der Waals surface area (Å²) < 4.78 is 51.4. The third-order valence-corrected chi connectivity index (χ3v) is 9.17. The van der Waals surface area contributed by atoms with Crippen molar-refractivity contribution in [2.45, 2.75) is 49.3 Å². The van der Waals surface area contributed by atoms with Crippen molar-refractivity contribution >= 4 is 79.1 Å². The molecule has 12 heteroatoms. The van der Waals surface area contributed by atoms with E-state index in [0.717, 1.165) is 37.5 Å². The molecule has 1 heterocycles. The molecule has 0 radical (unpaired) electrons. The zero-order chi connectivity index (χ0) is 25.9. The Balaban J connectivity index is 0.00000320. The van der Waals surface area contributed by atoms with Gasteiger partial charge in [-0.1, -0.05) is 60.7 Å². The van der Waals surface area contributed by atoms with Gasteiger partial charge in [0.25, 0.3) is 0 Å². The van der Waals surface area contributed by atoms with Crippen LogP contribution in [0.2, 0.25) is 0 Å². The summed E-state index contributed by atoms with van der Waals surface area (Å²) in [6.45, 7) is 1.89. The van der Waals surface area contributed by atoms with Crippen LogP contribution < -0.4 is 10.0 Å². The summed E-state index contributed by atoms with van der Waals surface area (Å²) >= 11 is 0. The number of benzene rings is 2. The molecule has 0 aromatic heterocycles. The number of nitrogens with zero attached hydrogens (tertiary/aromatic N) is 1. The van der Waals surface area contributed by atoms with Crippen molar-refractivity contribution in [3.8, 4) is 0 Å². The average molecular weight is 556 g/mol. The van der Waals surface area contributed by atoms with Crippen LogP contribution in [-0.2, 0) is 20.2 Å². The minimum atomic E-state index is -3.81. The molecule has 9 nitrogen and oxygen atoms in total. The van der Waals surface area contributed by atoms with Gasteiger partial charge < -0.3 is 10.4 Å². The number of hydrogen-bond donors (Lipinski definition) is 5. The van der Waals surface area contributed by atoms with Crippen molar-refractivity contribution in [2.75, 3.05) is 16.3 Å². The normalized spacial score (nSPS) is 23.8. The molecule has 1 unspecified atom stereocenters. The Morgan fingerprint density at radius 3 is 2.51 bits per heavy atom. The minimum absolute atomic E-state index is 0. The number of amidine groups is 1. The van der Waals surface area contributed by atoms with Gasteiger partial charge in [-0.3, -0.25) is 18.6 Å². The zero-order valence-corrected chi connectivity index (χ0v) is 21.6. The maximum absolute atomic E-state index is 14.1. The average Bonchev–Trinajstić information content (AvgIpc) is 3.30. The molecule has 0 spiro atoms. The van der Waals surface area contributed by atoms with E-state index in [2.05, 4.69) is 14.4 Å². The van der Waals surface area contributed by atoms with Crippen molar-refractivity contribution in [3.63, 3.8) is 0 Å². The fraction of sp³-hybridized carbons (Fsp3) is 0.360. The predicted octanol–water partition coefficient (Wildman–Crippen LogP) is 4.65. The van der Waals surface area contributed by atoms with Crippen LogP contribution in [0.4, 0.5) is 11.4 Å². The second kappa shape index (κ2) is 10.0. The van der Waals surface area contributed by atoms with E-state index in [-0.39, 0.29) is 68.8 Å². The molecule has 37 heavy (non-hydrogen) atoms. The van der Waals surface area contributed by atoms with Crippen LogP contribution in [-0.4, -0.2) is 70.1 Å². The monoisotopic (exact) mass is 555 g/mol. The van der Waals surface area contributed by atoms with E-state index < -0.39 is 26.2 Å². The van der Waals surface area contributed by atoms with Crippen molar-refractivity contribution in [1.29, 1.82) is 0 Å². The van der Waals surface area contributed by atoms with Gasteiger partial charge >= 0.3 is 29.6 Å². The van der Waals surface area contributed by atoms with Gasteiger partial charge in [-0.2, -0.15) is 0 Å². The van der Waals surface area contributed by atoms with Crippen LogP contribution in [0, 0.1) is 5.92 Å². The first-order valence-electron chi connectivity index (χ1n) is 11.7. The number of carbonyl (C=O) groups is 1. The molecular formula is C25H30N3NaO6S2. The summed E-state index contributed by atoms with van der Waals surface area (Å²) in [6, 6.07) is 11.5. The van der Waals surface area contributed by atoms with E-state index in [1.165, 1.54) is 18.2 Å². The Morgan fingerprint density at radius 2 is 1.84 bits per heavy atom. The predicted molar refractivity (Wildman–Crippen MR) is 149 cm³/mol. The molecule has 1 atom stereocenters. The molecule has 2 aliphatic carbocycles. The van der Waals surface area contributed by atoms with Gasteiger partial charge in [0.2, 0.25) is 10.0 Å². The summed E-state index contributed by atoms with van der Waals surface area (Å²) in [4.78, 5) is 14.1. The van der Waals surface area contributed by atoms with Gasteiger partial charge in [-0.25, -0.2) is 8.42 Å². The summed E-state index contributed by atoms with van der Waals surface area (Å²) in [5.74, 6) is -0.330. The molecule has 1 fully saturated rings. The second-order valence-electron chi connectivity index (χ2n) is 9.95.